The van der Waals surface area contributed by atoms with E-state index in [-0.39, 0.29) is 0 Å². The van der Waals surface area contributed by atoms with E-state index >= 15 is 0 Å². The van der Waals surface area contributed by atoms with Crippen molar-refractivity contribution in [1.29, 1.82) is 0 Å². The van der Waals surface area contributed by atoms with Gasteiger partial charge in [-0.2, -0.15) is 0 Å². The number of thiophene rings is 1. The number of benzene rings is 7. The third-order valence-electron chi connectivity index (χ3n) is 9.61. The molecule has 7 aromatic carbocycles. The number of rotatable bonds is 2. The number of nitrogens with zero attached hydrogens (tertiary/aromatic N) is 1. The monoisotopic (exact) mass is 605 g/mol. The number of fused-ring (bicyclic) bond motifs is 13. The van der Waals surface area contributed by atoms with Crippen molar-refractivity contribution >= 4 is 97.2 Å². The van der Waals surface area contributed by atoms with Gasteiger partial charge in [0.1, 0.15) is 22.3 Å². The van der Waals surface area contributed by atoms with E-state index < -0.39 is 0 Å². The van der Waals surface area contributed by atoms with Gasteiger partial charge in [-0.25, -0.2) is 0 Å². The molecule has 4 heterocycles. The molecule has 0 bridgehead atoms. The van der Waals surface area contributed by atoms with E-state index in [1.54, 1.807) is 0 Å². The van der Waals surface area contributed by atoms with Crippen molar-refractivity contribution in [1.82, 2.24) is 4.57 Å². The first-order valence-corrected chi connectivity index (χ1v) is 16.3. The summed E-state index contributed by atoms with van der Waals surface area (Å²) in [5.41, 5.74) is 9.60. The molecule has 4 heteroatoms. The number of furan rings is 2. The summed E-state index contributed by atoms with van der Waals surface area (Å²) in [6, 6.07) is 49.8. The molecular formula is C42H23NO2S. The highest BCUT2D eigenvalue weighted by Crippen LogP contribution is 2.45. The molecular weight excluding hydrogens is 583 g/mol. The average molecular weight is 606 g/mol. The van der Waals surface area contributed by atoms with Crippen molar-refractivity contribution in [3.8, 4) is 16.8 Å². The van der Waals surface area contributed by atoms with E-state index in [4.69, 9.17) is 8.83 Å². The Morgan fingerprint density at radius 2 is 1.15 bits per heavy atom. The maximum absolute atomic E-state index is 6.53. The van der Waals surface area contributed by atoms with Gasteiger partial charge >= 0.3 is 0 Å². The molecule has 0 saturated heterocycles. The zero-order valence-corrected chi connectivity index (χ0v) is 25.3. The molecule has 214 valence electrons. The lowest BCUT2D eigenvalue weighted by Gasteiger charge is -2.08. The van der Waals surface area contributed by atoms with Gasteiger partial charge in [-0.05, 0) is 60.2 Å². The summed E-state index contributed by atoms with van der Waals surface area (Å²) in [6.45, 7) is 0. The zero-order valence-electron chi connectivity index (χ0n) is 24.5. The summed E-state index contributed by atoms with van der Waals surface area (Å²) in [7, 11) is 0. The van der Waals surface area contributed by atoms with E-state index in [1.165, 1.54) is 47.6 Å². The Morgan fingerprint density at radius 3 is 2.07 bits per heavy atom. The maximum Gasteiger partial charge on any atom is 0.145 e. The number of hydrogen-bond acceptors (Lipinski definition) is 3. The Morgan fingerprint density at radius 1 is 0.435 bits per heavy atom. The van der Waals surface area contributed by atoms with Crippen LogP contribution in [0.15, 0.2) is 148 Å². The predicted octanol–water partition coefficient (Wildman–Crippen LogP) is 12.6. The van der Waals surface area contributed by atoms with Gasteiger partial charge in [0.2, 0.25) is 0 Å². The van der Waals surface area contributed by atoms with Crippen LogP contribution in [-0.2, 0) is 0 Å². The van der Waals surface area contributed by atoms with Crippen LogP contribution in [-0.4, -0.2) is 4.57 Å². The first-order valence-electron chi connectivity index (χ1n) is 15.5. The van der Waals surface area contributed by atoms with Gasteiger partial charge in [0.25, 0.3) is 0 Å². The summed E-state index contributed by atoms with van der Waals surface area (Å²) >= 11 is 1.86. The molecule has 11 rings (SSSR count). The molecule has 46 heavy (non-hydrogen) atoms. The molecule has 0 aliphatic heterocycles. The van der Waals surface area contributed by atoms with Crippen molar-refractivity contribution in [2.24, 2.45) is 0 Å². The second kappa shape index (κ2) is 8.87. The first-order chi connectivity index (χ1) is 22.8. The third kappa shape index (κ3) is 3.16. The highest BCUT2D eigenvalue weighted by atomic mass is 32.1. The topological polar surface area (TPSA) is 31.2 Å². The Kier molecular flexibility index (Phi) is 4.72. The Balaban J connectivity index is 1.18. The second-order valence-electron chi connectivity index (χ2n) is 12.0. The van der Waals surface area contributed by atoms with Crippen molar-refractivity contribution in [3.05, 3.63) is 140 Å². The van der Waals surface area contributed by atoms with Gasteiger partial charge in [-0.15, -0.1) is 11.3 Å². The molecule has 11 aromatic rings. The van der Waals surface area contributed by atoms with Crippen LogP contribution in [0.25, 0.3) is 103 Å². The second-order valence-corrected chi connectivity index (χ2v) is 13.1. The molecule has 0 spiro atoms. The lowest BCUT2D eigenvalue weighted by Crippen LogP contribution is -1.93. The molecule has 0 N–H and O–H groups in total. The molecule has 3 nitrogen and oxygen atoms in total. The minimum Gasteiger partial charge on any atom is -0.456 e. The molecule has 0 unspecified atom stereocenters. The van der Waals surface area contributed by atoms with E-state index in [9.17, 15) is 0 Å². The van der Waals surface area contributed by atoms with Gasteiger partial charge in [-0.3, -0.25) is 0 Å². The molecule has 4 aromatic heterocycles. The fraction of sp³-hybridized carbons (Fsp3) is 0. The fourth-order valence-electron chi connectivity index (χ4n) is 7.65. The van der Waals surface area contributed by atoms with E-state index in [2.05, 4.69) is 132 Å². The van der Waals surface area contributed by atoms with Crippen LogP contribution in [0.1, 0.15) is 0 Å². The maximum atomic E-state index is 6.53. The van der Waals surface area contributed by atoms with Gasteiger partial charge in [0.15, 0.2) is 0 Å². The smallest absolute Gasteiger partial charge is 0.145 e. The number of aromatic nitrogens is 1. The van der Waals surface area contributed by atoms with Crippen LogP contribution in [0.4, 0.5) is 0 Å². The molecule has 0 fully saturated rings. The standard InChI is InChI=1S/C42H23NO2S/c1-4-15-33-30(10-1)40-34(21-20-27-25-9-2-5-16-35(25)45-41(27)40)43(33)24-19-22-38-32(23-24)29-14-7-13-28(42(29)46-38)26-12-8-18-37-39(26)31-11-3-6-17-36(31)44-37/h1-23H. The van der Waals surface area contributed by atoms with Crippen molar-refractivity contribution in [2.75, 3.05) is 0 Å². The van der Waals surface area contributed by atoms with Gasteiger partial charge in [-0.1, -0.05) is 84.9 Å². The third-order valence-corrected chi connectivity index (χ3v) is 10.8. The van der Waals surface area contributed by atoms with Crippen LogP contribution in [0.2, 0.25) is 0 Å². The van der Waals surface area contributed by atoms with Crippen LogP contribution < -0.4 is 0 Å². The SMILES string of the molecule is c1ccc2c(c1)oc1c2ccc2c1c1ccccc1n2-c1ccc2sc3c(-c4cccc5oc6ccccc6c45)cccc3c2c1. The highest BCUT2D eigenvalue weighted by molar-refractivity contribution is 7.26. The lowest BCUT2D eigenvalue weighted by molar-refractivity contribution is 0.669. The number of hydrogen-bond donors (Lipinski definition) is 0. The largest absolute Gasteiger partial charge is 0.456 e. The predicted molar refractivity (Wildman–Crippen MR) is 194 cm³/mol. The van der Waals surface area contributed by atoms with Gasteiger partial charge < -0.3 is 13.4 Å². The minimum absolute atomic E-state index is 0.919. The minimum atomic E-state index is 0.919. The van der Waals surface area contributed by atoms with Crippen LogP contribution in [0, 0.1) is 0 Å². The van der Waals surface area contributed by atoms with E-state index in [0.29, 0.717) is 0 Å². The molecule has 0 radical (unpaired) electrons. The average Bonchev–Trinajstić information content (AvgIpc) is 3.86. The Labute approximate surface area is 266 Å². The van der Waals surface area contributed by atoms with Crippen molar-refractivity contribution in [2.45, 2.75) is 0 Å². The van der Waals surface area contributed by atoms with Crippen LogP contribution >= 0.6 is 11.3 Å². The highest BCUT2D eigenvalue weighted by Gasteiger charge is 2.20. The Bertz CT molecular complexity index is 3040. The van der Waals surface area contributed by atoms with E-state index in [1.807, 2.05) is 23.5 Å². The first kappa shape index (κ1) is 24.5. The van der Waals surface area contributed by atoms with Crippen LogP contribution in [0.5, 0.6) is 0 Å². The number of para-hydroxylation sites is 3. The zero-order chi connectivity index (χ0) is 29.9. The van der Waals surface area contributed by atoms with Gasteiger partial charge in [0, 0.05) is 58.4 Å². The summed E-state index contributed by atoms with van der Waals surface area (Å²) in [6.07, 6.45) is 0. The van der Waals surface area contributed by atoms with Crippen LogP contribution in [0.3, 0.4) is 0 Å². The molecule has 0 saturated carbocycles. The van der Waals surface area contributed by atoms with Crippen molar-refractivity contribution in [3.63, 3.8) is 0 Å². The Hall–Kier alpha value is -5.84. The lowest BCUT2D eigenvalue weighted by atomic mass is 9.98. The molecule has 0 amide bonds. The quantitative estimate of drug-likeness (QED) is 0.196. The summed E-state index contributed by atoms with van der Waals surface area (Å²) in [5.74, 6) is 0. The normalized spacial score (nSPS) is 12.3. The molecule has 0 aliphatic rings. The van der Waals surface area contributed by atoms with Crippen molar-refractivity contribution < 1.29 is 8.83 Å². The fourth-order valence-corrected chi connectivity index (χ4v) is 8.86. The van der Waals surface area contributed by atoms with E-state index in [0.717, 1.165) is 55.1 Å². The molecule has 0 aliphatic carbocycles. The molecule has 0 atom stereocenters. The summed E-state index contributed by atoms with van der Waals surface area (Å²) in [5, 5.41) is 9.51. The van der Waals surface area contributed by atoms with Gasteiger partial charge in [0.05, 0.1) is 16.4 Å². The summed E-state index contributed by atoms with van der Waals surface area (Å²) in [4.78, 5) is 0. The summed E-state index contributed by atoms with van der Waals surface area (Å²) < 4.78 is 17.7.